The fraction of sp³-hybridized carbons (Fsp3) is 0.0435. The third-order valence-corrected chi connectivity index (χ3v) is 6.24. The molecule has 0 bridgehead atoms. The van der Waals surface area contributed by atoms with Crippen LogP contribution in [-0.4, -0.2) is 24.5 Å². The van der Waals surface area contributed by atoms with Crippen molar-refractivity contribution in [2.24, 2.45) is 0 Å². The minimum absolute atomic E-state index is 0.0546. The van der Waals surface area contributed by atoms with E-state index in [1.807, 2.05) is 24.3 Å². The topological polar surface area (TPSA) is 206 Å². The average Bonchev–Trinajstić information content (AvgIpc) is 3.23. The molecule has 2 aliphatic carbocycles. The second-order valence-corrected chi connectivity index (χ2v) is 8.80. The van der Waals surface area contributed by atoms with Gasteiger partial charge in [0, 0.05) is 22.6 Å². The Morgan fingerprint density at radius 3 is 2.03 bits per heavy atom. The standard InChI is InChI=1S/C13H9ClO3S.C10H6O2.2N3/c14-11-5-2-4-9-10(11)7-8-3-1-6-12(13(8)9)18(15,16)17;11-9-6-5-7-3-1-2-4-8(7)10(9)12;2*1-3-2/h1-6H,7H2,(H,15,16,17);1-6H;;/q;;2*-1. The van der Waals surface area contributed by atoms with Gasteiger partial charge in [0.25, 0.3) is 10.1 Å². The van der Waals surface area contributed by atoms with Gasteiger partial charge in [0.05, 0.1) is 0 Å². The molecular weight excluding hydrogens is 508 g/mol. The number of carbonyl (C=O) groups excluding carboxylic acids is 2. The quantitative estimate of drug-likeness (QED) is 0.0991. The Labute approximate surface area is 210 Å². The van der Waals surface area contributed by atoms with Gasteiger partial charge in [-0.1, -0.05) is 66.2 Å². The summed E-state index contributed by atoms with van der Waals surface area (Å²) in [5.41, 5.74) is 31.5. The number of fused-ring (bicyclic) bond motifs is 4. The van der Waals surface area contributed by atoms with Gasteiger partial charge in [0.15, 0.2) is 0 Å². The Kier molecular flexibility index (Phi) is 9.51. The van der Waals surface area contributed by atoms with Crippen molar-refractivity contribution in [1.29, 1.82) is 0 Å². The molecule has 3 aromatic rings. The monoisotopic (exact) mass is 522 g/mol. The van der Waals surface area contributed by atoms with E-state index in [2.05, 4.69) is 0 Å². The Bertz CT molecular complexity index is 1530. The Hall–Kier alpha value is -4.44. The second-order valence-electron chi connectivity index (χ2n) is 7.00. The van der Waals surface area contributed by atoms with Crippen molar-refractivity contribution in [3.63, 3.8) is 0 Å². The number of allylic oxidation sites excluding steroid dienone is 1. The van der Waals surface area contributed by atoms with Crippen LogP contribution in [0.1, 0.15) is 27.0 Å². The van der Waals surface area contributed by atoms with E-state index in [-0.39, 0.29) is 4.90 Å². The highest BCUT2D eigenvalue weighted by Gasteiger charge is 2.27. The molecular formula is C23H15ClN6O5S-2. The summed E-state index contributed by atoms with van der Waals surface area (Å²) in [5.74, 6) is -0.846. The lowest BCUT2D eigenvalue weighted by Crippen LogP contribution is -2.15. The van der Waals surface area contributed by atoms with Gasteiger partial charge in [-0.15, -0.1) is 0 Å². The molecule has 0 spiro atoms. The van der Waals surface area contributed by atoms with Crippen LogP contribution in [0.15, 0.2) is 71.6 Å². The highest BCUT2D eigenvalue weighted by Crippen LogP contribution is 2.43. The molecule has 0 aromatic heterocycles. The number of hydrogen-bond acceptors (Lipinski definition) is 4. The van der Waals surface area contributed by atoms with Gasteiger partial charge in [0.1, 0.15) is 4.90 Å². The summed E-state index contributed by atoms with van der Waals surface area (Å²) in [7, 11) is -4.23. The lowest BCUT2D eigenvalue weighted by molar-refractivity contribution is -0.110. The number of Topliss-reactive ketones (excluding diaryl/α,β-unsaturated/α-hetero) is 1. The molecule has 0 radical (unpaired) electrons. The molecule has 5 rings (SSSR count). The van der Waals surface area contributed by atoms with Crippen LogP contribution in [0.25, 0.3) is 49.2 Å². The molecule has 2 aliphatic rings. The molecule has 0 aliphatic heterocycles. The van der Waals surface area contributed by atoms with Crippen LogP contribution in [0.5, 0.6) is 0 Å². The number of hydrogen-bond donors (Lipinski definition) is 1. The number of rotatable bonds is 1. The van der Waals surface area contributed by atoms with E-state index in [9.17, 15) is 22.6 Å². The number of carbonyl (C=O) groups is 2. The van der Waals surface area contributed by atoms with Crippen LogP contribution in [0.4, 0.5) is 0 Å². The first-order valence-corrected chi connectivity index (χ1v) is 11.6. The smallest absolute Gasteiger partial charge is 0.295 e. The Balaban J connectivity index is 0.000000219. The lowest BCUT2D eigenvalue weighted by atomic mass is 9.96. The van der Waals surface area contributed by atoms with Gasteiger partial charge < -0.3 is 22.1 Å². The van der Waals surface area contributed by atoms with Gasteiger partial charge in [-0.25, -0.2) is 0 Å². The Morgan fingerprint density at radius 2 is 1.39 bits per heavy atom. The summed E-state index contributed by atoms with van der Waals surface area (Å²) in [6.07, 6.45) is 3.57. The van der Waals surface area contributed by atoms with Crippen molar-refractivity contribution in [3.05, 3.63) is 126 Å². The number of ketones is 2. The summed E-state index contributed by atoms with van der Waals surface area (Å²) in [4.78, 5) is 25.1. The zero-order chi connectivity index (χ0) is 26.9. The summed E-state index contributed by atoms with van der Waals surface area (Å²) in [5, 5.41) is 0.616. The highest BCUT2D eigenvalue weighted by atomic mass is 35.5. The molecule has 0 heterocycles. The molecule has 0 saturated heterocycles. The van der Waals surface area contributed by atoms with Crippen LogP contribution < -0.4 is 0 Å². The van der Waals surface area contributed by atoms with E-state index in [0.717, 1.165) is 22.3 Å². The normalized spacial score (nSPS) is 11.9. The highest BCUT2D eigenvalue weighted by molar-refractivity contribution is 7.86. The van der Waals surface area contributed by atoms with Gasteiger partial charge >= 0.3 is 0 Å². The predicted molar refractivity (Wildman–Crippen MR) is 134 cm³/mol. The molecule has 182 valence electrons. The van der Waals surface area contributed by atoms with Crippen LogP contribution in [0.2, 0.25) is 5.02 Å². The summed E-state index contributed by atoms with van der Waals surface area (Å²) < 4.78 is 32.1. The first-order valence-electron chi connectivity index (χ1n) is 9.80. The fourth-order valence-corrected chi connectivity index (χ4v) is 4.62. The molecule has 13 heteroatoms. The zero-order valence-corrected chi connectivity index (χ0v) is 19.8. The molecule has 36 heavy (non-hydrogen) atoms. The first-order chi connectivity index (χ1) is 17.1. The van der Waals surface area contributed by atoms with Crippen molar-refractivity contribution in [2.75, 3.05) is 0 Å². The van der Waals surface area contributed by atoms with Crippen LogP contribution in [-0.2, 0) is 21.3 Å². The van der Waals surface area contributed by atoms with E-state index < -0.39 is 21.7 Å². The summed E-state index contributed by atoms with van der Waals surface area (Å²) in [6.45, 7) is 0. The van der Waals surface area contributed by atoms with Gasteiger partial charge in [0.2, 0.25) is 11.6 Å². The second kappa shape index (κ2) is 12.3. The molecule has 1 N–H and O–H groups in total. The molecule has 0 atom stereocenters. The number of nitrogens with zero attached hydrogens (tertiary/aromatic N) is 6. The summed E-state index contributed by atoms with van der Waals surface area (Å²) in [6, 6.07) is 17.3. The minimum Gasteiger partial charge on any atom is -0.373 e. The van der Waals surface area contributed by atoms with Crippen LogP contribution in [0.3, 0.4) is 0 Å². The molecule has 3 aromatic carbocycles. The minimum atomic E-state index is -4.23. The number of benzene rings is 3. The maximum absolute atomic E-state index is 11.4. The van der Waals surface area contributed by atoms with E-state index in [1.165, 1.54) is 22.0 Å². The third-order valence-electron chi connectivity index (χ3n) is 4.99. The SMILES string of the molecule is O=C1C=Cc2ccccc2C1=O.O=S(=O)(O)c1cccc2c1-c1cccc(Cl)c1C2.[N-]=[N+]=[N-].[N-]=[N+]=[N-]. The molecule has 0 amide bonds. The molecule has 0 fully saturated rings. The van der Waals surface area contributed by atoms with Crippen molar-refractivity contribution in [1.82, 2.24) is 0 Å². The summed E-state index contributed by atoms with van der Waals surface area (Å²) >= 11 is 6.11. The maximum Gasteiger partial charge on any atom is 0.295 e. The maximum atomic E-state index is 11.4. The molecule has 0 unspecified atom stereocenters. The average molecular weight is 523 g/mol. The first kappa shape index (κ1) is 27.8. The van der Waals surface area contributed by atoms with Crippen molar-refractivity contribution in [3.8, 4) is 11.1 Å². The number of halogens is 1. The van der Waals surface area contributed by atoms with E-state index in [0.29, 0.717) is 22.6 Å². The molecule has 11 nitrogen and oxygen atoms in total. The largest absolute Gasteiger partial charge is 0.373 e. The third kappa shape index (κ3) is 6.36. The lowest BCUT2D eigenvalue weighted by Gasteiger charge is -2.06. The van der Waals surface area contributed by atoms with Crippen molar-refractivity contribution >= 4 is 39.4 Å². The predicted octanol–water partition coefficient (Wildman–Crippen LogP) is 6.36. The van der Waals surface area contributed by atoms with E-state index >= 15 is 0 Å². The Morgan fingerprint density at radius 1 is 0.806 bits per heavy atom. The van der Waals surface area contributed by atoms with E-state index in [1.54, 1.807) is 36.4 Å². The van der Waals surface area contributed by atoms with Gasteiger partial charge in [-0.3, -0.25) is 24.0 Å². The van der Waals surface area contributed by atoms with Gasteiger partial charge in [-0.2, -0.15) is 8.42 Å². The van der Waals surface area contributed by atoms with Crippen molar-refractivity contribution < 1.29 is 22.6 Å². The zero-order valence-electron chi connectivity index (χ0n) is 18.2. The molecule has 0 saturated carbocycles. The van der Waals surface area contributed by atoms with E-state index in [4.69, 9.17) is 33.7 Å². The van der Waals surface area contributed by atoms with Crippen LogP contribution in [0, 0.1) is 0 Å². The van der Waals surface area contributed by atoms with Crippen molar-refractivity contribution in [2.45, 2.75) is 11.3 Å². The fourth-order valence-electron chi connectivity index (χ4n) is 3.63. The van der Waals surface area contributed by atoms with Gasteiger partial charge in [-0.05, 0) is 40.5 Å². The van der Waals surface area contributed by atoms with Crippen LogP contribution >= 0.6 is 11.6 Å².